The fourth-order valence-corrected chi connectivity index (χ4v) is 0. The van der Waals surface area contributed by atoms with Gasteiger partial charge in [-0.05, 0) is 0 Å². The minimum atomic E-state index is 0. The number of hydrogen-bond donors (Lipinski definition) is 20. The molecule has 0 spiro atoms. The molecule has 0 saturated heterocycles. The van der Waals surface area contributed by atoms with E-state index in [1.807, 2.05) is 0 Å². The van der Waals surface area contributed by atoms with Crippen molar-refractivity contribution < 1.29 is 0 Å². The predicted molar refractivity (Wildman–Crippen MR) is 107 cm³/mol. The molecule has 0 aromatic carbocycles. The summed E-state index contributed by atoms with van der Waals surface area (Å²) in [7, 11) is 0. The summed E-state index contributed by atoms with van der Waals surface area (Å²) in [6, 6.07) is 0. The summed E-state index contributed by atoms with van der Waals surface area (Å²) in [5, 5.41) is 0. The third-order valence-electron chi connectivity index (χ3n) is 0. The van der Waals surface area contributed by atoms with Crippen molar-refractivity contribution in [2.45, 2.75) is 7.43 Å². The van der Waals surface area contributed by atoms with Crippen LogP contribution in [-0.4, -0.2) is 0 Å². The second-order valence-electron chi connectivity index (χ2n) is 0. The van der Waals surface area contributed by atoms with Gasteiger partial charge in [0.1, 0.15) is 0 Å². The van der Waals surface area contributed by atoms with Gasteiger partial charge in [-0.2, -0.15) is 0 Å². The molecule has 0 aliphatic heterocycles. The minimum Gasteiger partial charge on any atom is -0.344 e. The third kappa shape index (κ3) is 8880. The van der Waals surface area contributed by atoms with Crippen molar-refractivity contribution in [3.8, 4) is 0 Å². The van der Waals surface area contributed by atoms with E-state index in [-0.39, 0.29) is 130 Å². The molecule has 0 aliphatic rings. The Labute approximate surface area is 131 Å². The Morgan fingerprint density at radius 1 is 0.0952 bits per heavy atom. The average molecular weight is 357 g/mol. The molecule has 168 valence electrons. The van der Waals surface area contributed by atoms with Gasteiger partial charge in [0.05, 0.1) is 0 Å². The van der Waals surface area contributed by atoms with Gasteiger partial charge in [0, 0.05) is 0 Å². The van der Waals surface area contributed by atoms with Crippen molar-refractivity contribution >= 4 is 0 Å². The Balaban J connectivity index is 0. The molecule has 0 unspecified atom stereocenters. The lowest BCUT2D eigenvalue weighted by Gasteiger charge is -0.345. The Morgan fingerprint density at radius 3 is 0.0952 bits per heavy atom. The van der Waals surface area contributed by atoms with Crippen LogP contribution < -0.4 is 123 Å². The van der Waals surface area contributed by atoms with Crippen LogP contribution in [0.4, 0.5) is 0 Å². The van der Waals surface area contributed by atoms with Crippen LogP contribution >= 0.6 is 0 Å². The zero-order chi connectivity index (χ0) is 0. The zero-order valence-electron chi connectivity index (χ0n) is 14.1. The summed E-state index contributed by atoms with van der Waals surface area (Å²) >= 11 is 0. The second kappa shape index (κ2) is 9940. The smallest absolute Gasteiger partial charge is 0.0776 e. The summed E-state index contributed by atoms with van der Waals surface area (Å²) in [5.74, 6) is 0. The summed E-state index contributed by atoms with van der Waals surface area (Å²) < 4.78 is 0. The van der Waals surface area contributed by atoms with Gasteiger partial charge in [-0.25, -0.2) is 0 Å². The van der Waals surface area contributed by atoms with E-state index in [9.17, 15) is 0 Å². The van der Waals surface area contributed by atoms with Crippen LogP contribution in [0.15, 0.2) is 0 Å². The van der Waals surface area contributed by atoms with E-state index in [0.29, 0.717) is 0 Å². The van der Waals surface area contributed by atoms with Gasteiger partial charge in [0.25, 0.3) is 0 Å². The molecule has 0 aromatic heterocycles. The quantitative estimate of drug-likeness (QED) is 0.292. The van der Waals surface area contributed by atoms with E-state index in [4.69, 9.17) is 0 Å². The second-order valence-corrected chi connectivity index (χ2v) is 0. The van der Waals surface area contributed by atoms with Gasteiger partial charge in [0.15, 0.2) is 0 Å². The fourth-order valence-electron chi connectivity index (χ4n) is 0. The molecule has 21 heavy (non-hydrogen) atoms. The van der Waals surface area contributed by atoms with Gasteiger partial charge < -0.3 is 123 Å². The summed E-state index contributed by atoms with van der Waals surface area (Å²) in [6.45, 7) is 0. The van der Waals surface area contributed by atoms with E-state index >= 15 is 0 Å². The van der Waals surface area contributed by atoms with Gasteiger partial charge >= 0.3 is 0 Å². The lowest BCUT2D eigenvalue weighted by Crippen LogP contribution is -0.482. The Kier molecular flexibility index (Phi) is 5510000. The molecular formula is CH64N20. The Hall–Kier alpha value is -0.800. The first-order valence-corrected chi connectivity index (χ1v) is 0. The van der Waals surface area contributed by atoms with E-state index < -0.39 is 0 Å². The van der Waals surface area contributed by atoms with Crippen LogP contribution in [0.3, 0.4) is 0 Å². The van der Waals surface area contributed by atoms with Crippen molar-refractivity contribution in [1.29, 1.82) is 0 Å². The monoisotopic (exact) mass is 357 g/mol. The van der Waals surface area contributed by atoms with Gasteiger partial charge in [-0.1, -0.05) is 7.43 Å². The Bertz CT molecular complexity index is 5.80. The van der Waals surface area contributed by atoms with Crippen molar-refractivity contribution in [2.75, 3.05) is 0 Å². The Morgan fingerprint density at radius 2 is 0.0952 bits per heavy atom. The molecule has 60 N–H and O–H groups in total. The van der Waals surface area contributed by atoms with E-state index in [0.717, 1.165) is 0 Å². The van der Waals surface area contributed by atoms with Gasteiger partial charge in [-0.15, -0.1) is 0 Å². The van der Waals surface area contributed by atoms with Crippen molar-refractivity contribution in [2.24, 2.45) is 0 Å². The van der Waals surface area contributed by atoms with E-state index in [1.54, 1.807) is 0 Å². The largest absolute Gasteiger partial charge is 0.344 e. The first kappa shape index (κ1) is 11600. The normalized spacial score (nSPS) is 0. The molecule has 20 heteroatoms. The van der Waals surface area contributed by atoms with Crippen molar-refractivity contribution in [3.05, 3.63) is 0 Å². The topological polar surface area (TPSA) is 700 Å². The molecule has 0 bridgehead atoms. The average Bonchev–Trinajstić information content (AvgIpc) is 0. The molecular weight excluding hydrogens is 292 g/mol. The van der Waals surface area contributed by atoms with Crippen LogP contribution in [0.2, 0.25) is 0 Å². The minimum absolute atomic E-state index is 0. The van der Waals surface area contributed by atoms with Gasteiger partial charge in [-0.3, -0.25) is 0 Å². The van der Waals surface area contributed by atoms with Crippen LogP contribution in [0.25, 0.3) is 0 Å². The molecule has 0 fully saturated rings. The molecule has 0 heterocycles. The van der Waals surface area contributed by atoms with Gasteiger partial charge in [0.2, 0.25) is 0 Å². The lowest BCUT2D eigenvalue weighted by atomic mass is 12.0. The standard InChI is InChI=1S/CH4.20H3N/h1H4;20*1H3. The van der Waals surface area contributed by atoms with Crippen molar-refractivity contribution in [3.63, 3.8) is 0 Å². The maximum Gasteiger partial charge on any atom is -0.0776 e. The van der Waals surface area contributed by atoms with Crippen LogP contribution in [0, 0.1) is 0 Å². The maximum atomic E-state index is 0. The maximum absolute atomic E-state index is 0. The number of rotatable bonds is 0. The molecule has 0 saturated carbocycles. The third-order valence-corrected chi connectivity index (χ3v) is 0. The van der Waals surface area contributed by atoms with Crippen LogP contribution in [-0.2, 0) is 0 Å². The predicted octanol–water partition coefficient (Wildman–Crippen LogP) is 3.88. The molecule has 0 radical (unpaired) electrons. The first-order valence-electron chi connectivity index (χ1n) is 0. The first-order chi connectivity index (χ1) is 0. The lowest BCUT2D eigenvalue weighted by molar-refractivity contribution is 2.13. The molecule has 0 aromatic rings. The highest BCUT2D eigenvalue weighted by Crippen LogP contribution is 0.144. The highest BCUT2D eigenvalue weighted by Gasteiger charge is -0.0775. The van der Waals surface area contributed by atoms with Crippen LogP contribution in [0.1, 0.15) is 7.43 Å². The highest BCUT2D eigenvalue weighted by molar-refractivity contribution is 2.50. The summed E-state index contributed by atoms with van der Waals surface area (Å²) in [4.78, 5) is 0. The van der Waals surface area contributed by atoms with E-state index in [1.165, 1.54) is 0 Å². The molecule has 0 aliphatic carbocycles. The molecule has 0 amide bonds. The molecule has 20 nitrogen and oxygen atoms in total. The summed E-state index contributed by atoms with van der Waals surface area (Å²) in [5.41, 5.74) is 0. The van der Waals surface area contributed by atoms with Crippen LogP contribution in [0.5, 0.6) is 0 Å². The highest BCUT2D eigenvalue weighted by atomic mass is 14.0. The molecule has 0 rings (SSSR count). The summed E-state index contributed by atoms with van der Waals surface area (Å²) in [6.07, 6.45) is 0. The van der Waals surface area contributed by atoms with Crippen molar-refractivity contribution in [1.82, 2.24) is 123 Å². The zero-order valence-corrected chi connectivity index (χ0v) is 14.1. The SMILES string of the molecule is C.N.N.N.N.N.N.N.N.N.N.N.N.N.N.N.N.N.N.N.N. The van der Waals surface area contributed by atoms with E-state index in [2.05, 4.69) is 0 Å². The molecule has 0 atom stereocenters. The number of hydrogen-bond acceptors (Lipinski definition) is 20. The fraction of sp³-hybridized carbons (Fsp3) is 1.00.